The van der Waals surface area contributed by atoms with Crippen LogP contribution in [0.4, 0.5) is 5.69 Å². The normalized spacial score (nSPS) is 12.4. The van der Waals surface area contributed by atoms with Crippen molar-refractivity contribution in [3.8, 4) is 0 Å². The van der Waals surface area contributed by atoms with Crippen LogP contribution in [-0.4, -0.2) is 18.1 Å². The molecule has 0 aliphatic heterocycles. The Morgan fingerprint density at radius 2 is 2.25 bits per heavy atom. The fraction of sp³-hybridized carbons (Fsp3) is 0.615. The SMILES string of the molecule is CCCC(CCN)CNc1ccncc1C. The van der Waals surface area contributed by atoms with Crippen molar-refractivity contribution in [1.82, 2.24) is 4.98 Å². The van der Waals surface area contributed by atoms with Crippen LogP contribution in [-0.2, 0) is 0 Å². The minimum atomic E-state index is 0.683. The molecule has 0 saturated carbocycles. The summed E-state index contributed by atoms with van der Waals surface area (Å²) in [7, 11) is 0. The summed E-state index contributed by atoms with van der Waals surface area (Å²) in [5.74, 6) is 0.683. The number of nitrogens with one attached hydrogen (secondary N) is 1. The Bertz CT molecular complexity index is 293. The molecule has 0 radical (unpaired) electrons. The lowest BCUT2D eigenvalue weighted by molar-refractivity contribution is 0.473. The Labute approximate surface area is 98.5 Å². The lowest BCUT2D eigenvalue weighted by Gasteiger charge is -2.17. The highest BCUT2D eigenvalue weighted by Crippen LogP contribution is 2.15. The molecule has 1 aromatic rings. The maximum Gasteiger partial charge on any atom is 0.0400 e. The Hall–Kier alpha value is -1.09. The highest BCUT2D eigenvalue weighted by Gasteiger charge is 2.07. The highest BCUT2D eigenvalue weighted by molar-refractivity contribution is 5.48. The summed E-state index contributed by atoms with van der Waals surface area (Å²) < 4.78 is 0. The Morgan fingerprint density at radius 1 is 1.44 bits per heavy atom. The van der Waals surface area contributed by atoms with Gasteiger partial charge in [0.25, 0.3) is 0 Å². The highest BCUT2D eigenvalue weighted by atomic mass is 14.9. The van der Waals surface area contributed by atoms with Gasteiger partial charge in [0, 0.05) is 24.6 Å². The van der Waals surface area contributed by atoms with E-state index < -0.39 is 0 Å². The molecule has 1 atom stereocenters. The van der Waals surface area contributed by atoms with Crippen molar-refractivity contribution >= 4 is 5.69 Å². The molecule has 1 unspecified atom stereocenters. The monoisotopic (exact) mass is 221 g/mol. The third-order valence-electron chi connectivity index (χ3n) is 2.87. The molecule has 90 valence electrons. The van der Waals surface area contributed by atoms with Crippen molar-refractivity contribution in [2.45, 2.75) is 33.1 Å². The fourth-order valence-electron chi connectivity index (χ4n) is 1.92. The minimum absolute atomic E-state index is 0.683. The first kappa shape index (κ1) is 13.0. The van der Waals surface area contributed by atoms with E-state index in [9.17, 15) is 0 Å². The number of hydrogen-bond acceptors (Lipinski definition) is 3. The van der Waals surface area contributed by atoms with Crippen LogP contribution in [0, 0.1) is 12.8 Å². The lowest BCUT2D eigenvalue weighted by atomic mass is 9.99. The number of nitrogens with two attached hydrogens (primary N) is 1. The molecule has 0 saturated heterocycles. The first-order valence-corrected chi connectivity index (χ1v) is 6.12. The molecule has 0 fully saturated rings. The largest absolute Gasteiger partial charge is 0.384 e. The van der Waals surface area contributed by atoms with Crippen molar-refractivity contribution in [2.24, 2.45) is 11.7 Å². The topological polar surface area (TPSA) is 50.9 Å². The van der Waals surface area contributed by atoms with Crippen LogP contribution in [0.15, 0.2) is 18.5 Å². The molecule has 3 nitrogen and oxygen atoms in total. The second-order valence-corrected chi connectivity index (χ2v) is 4.30. The zero-order chi connectivity index (χ0) is 11.8. The number of aromatic nitrogens is 1. The van der Waals surface area contributed by atoms with Gasteiger partial charge in [-0.3, -0.25) is 4.98 Å². The number of rotatable bonds is 7. The van der Waals surface area contributed by atoms with Crippen LogP contribution in [0.1, 0.15) is 31.7 Å². The van der Waals surface area contributed by atoms with Crippen molar-refractivity contribution in [3.05, 3.63) is 24.0 Å². The molecule has 0 amide bonds. The van der Waals surface area contributed by atoms with E-state index in [-0.39, 0.29) is 0 Å². The third-order valence-corrected chi connectivity index (χ3v) is 2.87. The summed E-state index contributed by atoms with van der Waals surface area (Å²) in [6, 6.07) is 2.03. The van der Waals surface area contributed by atoms with Gasteiger partial charge in [-0.1, -0.05) is 13.3 Å². The van der Waals surface area contributed by atoms with Gasteiger partial charge in [0.2, 0.25) is 0 Å². The van der Waals surface area contributed by atoms with Crippen molar-refractivity contribution in [3.63, 3.8) is 0 Å². The lowest BCUT2D eigenvalue weighted by Crippen LogP contribution is -2.18. The van der Waals surface area contributed by atoms with E-state index in [0.717, 1.165) is 19.5 Å². The van der Waals surface area contributed by atoms with Gasteiger partial charge < -0.3 is 11.1 Å². The van der Waals surface area contributed by atoms with Crippen LogP contribution < -0.4 is 11.1 Å². The van der Waals surface area contributed by atoms with Gasteiger partial charge in [-0.25, -0.2) is 0 Å². The Kier molecular flexibility index (Phi) is 5.86. The maximum absolute atomic E-state index is 5.62. The first-order chi connectivity index (χ1) is 7.77. The van der Waals surface area contributed by atoms with Crippen molar-refractivity contribution in [1.29, 1.82) is 0 Å². The standard InChI is InChI=1S/C13H23N3/c1-3-4-12(5-7-14)10-16-13-6-8-15-9-11(13)2/h6,8-9,12H,3-5,7,10,14H2,1-2H3,(H,15,16). The summed E-state index contributed by atoms with van der Waals surface area (Å²) in [6.45, 7) is 6.09. The van der Waals surface area contributed by atoms with Gasteiger partial charge >= 0.3 is 0 Å². The molecule has 1 heterocycles. The molecule has 0 aliphatic carbocycles. The molecule has 0 aliphatic rings. The molecule has 1 rings (SSSR count). The summed E-state index contributed by atoms with van der Waals surface area (Å²) >= 11 is 0. The predicted molar refractivity (Wildman–Crippen MR) is 69.5 cm³/mol. The molecule has 0 aromatic carbocycles. The van der Waals surface area contributed by atoms with Gasteiger partial charge in [0.15, 0.2) is 0 Å². The van der Waals surface area contributed by atoms with Crippen LogP contribution >= 0.6 is 0 Å². The summed E-state index contributed by atoms with van der Waals surface area (Å²) in [4.78, 5) is 4.08. The van der Waals surface area contributed by atoms with Gasteiger partial charge in [-0.2, -0.15) is 0 Å². The molecule has 3 heteroatoms. The maximum atomic E-state index is 5.62. The zero-order valence-corrected chi connectivity index (χ0v) is 10.4. The fourth-order valence-corrected chi connectivity index (χ4v) is 1.92. The smallest absolute Gasteiger partial charge is 0.0400 e. The molecule has 0 bridgehead atoms. The number of pyridine rings is 1. The van der Waals surface area contributed by atoms with E-state index in [4.69, 9.17) is 5.73 Å². The average Bonchev–Trinajstić information content (AvgIpc) is 2.28. The second-order valence-electron chi connectivity index (χ2n) is 4.30. The van der Waals surface area contributed by atoms with Crippen LogP contribution in [0.25, 0.3) is 0 Å². The zero-order valence-electron chi connectivity index (χ0n) is 10.4. The van der Waals surface area contributed by atoms with E-state index in [1.54, 1.807) is 0 Å². The number of anilines is 1. The summed E-state index contributed by atoms with van der Waals surface area (Å²) in [5.41, 5.74) is 8.01. The number of nitrogens with zero attached hydrogens (tertiary/aromatic N) is 1. The predicted octanol–water partition coefficient (Wildman–Crippen LogP) is 2.57. The third kappa shape index (κ3) is 4.19. The Balaban J connectivity index is 2.45. The number of hydrogen-bond donors (Lipinski definition) is 2. The van der Waals surface area contributed by atoms with Gasteiger partial charge in [-0.15, -0.1) is 0 Å². The van der Waals surface area contributed by atoms with Gasteiger partial charge in [0.05, 0.1) is 0 Å². The molecule has 3 N–H and O–H groups in total. The van der Waals surface area contributed by atoms with Crippen LogP contribution in [0.2, 0.25) is 0 Å². The molecular weight excluding hydrogens is 198 g/mol. The minimum Gasteiger partial charge on any atom is -0.384 e. The van der Waals surface area contributed by atoms with E-state index in [2.05, 4.69) is 24.1 Å². The van der Waals surface area contributed by atoms with Crippen LogP contribution in [0.3, 0.4) is 0 Å². The van der Waals surface area contributed by atoms with E-state index in [0.29, 0.717) is 5.92 Å². The van der Waals surface area contributed by atoms with Gasteiger partial charge in [-0.05, 0) is 43.9 Å². The number of aryl methyl sites for hydroxylation is 1. The summed E-state index contributed by atoms with van der Waals surface area (Å²) in [6.07, 6.45) is 7.29. The van der Waals surface area contributed by atoms with E-state index >= 15 is 0 Å². The molecule has 0 spiro atoms. The van der Waals surface area contributed by atoms with Crippen LogP contribution in [0.5, 0.6) is 0 Å². The Morgan fingerprint density at radius 3 is 2.88 bits per heavy atom. The average molecular weight is 221 g/mol. The van der Waals surface area contributed by atoms with Crippen molar-refractivity contribution in [2.75, 3.05) is 18.4 Å². The molecule has 16 heavy (non-hydrogen) atoms. The van der Waals surface area contributed by atoms with E-state index in [1.165, 1.54) is 24.1 Å². The van der Waals surface area contributed by atoms with Gasteiger partial charge in [0.1, 0.15) is 0 Å². The first-order valence-electron chi connectivity index (χ1n) is 6.12. The molecular formula is C13H23N3. The quantitative estimate of drug-likeness (QED) is 0.744. The summed E-state index contributed by atoms with van der Waals surface area (Å²) in [5, 5.41) is 3.49. The van der Waals surface area contributed by atoms with E-state index in [1.807, 2.05) is 18.5 Å². The molecule has 1 aromatic heterocycles. The second kappa shape index (κ2) is 7.23. The van der Waals surface area contributed by atoms with Crippen molar-refractivity contribution < 1.29 is 0 Å².